The summed E-state index contributed by atoms with van der Waals surface area (Å²) in [4.78, 5) is 36.9. The van der Waals surface area contributed by atoms with E-state index in [1.54, 1.807) is 24.3 Å². The van der Waals surface area contributed by atoms with Gasteiger partial charge in [-0.2, -0.15) is 30.0 Å². The van der Waals surface area contributed by atoms with Gasteiger partial charge in [-0.3, -0.25) is 19.6 Å². The maximum Gasteiger partial charge on any atom is 0.255 e. The number of hydrogen-bond acceptors (Lipinski definition) is 5. The van der Waals surface area contributed by atoms with E-state index in [4.69, 9.17) is 5.21 Å². The zero-order valence-corrected chi connectivity index (χ0v) is 21.0. The molecule has 1 rings (SSSR count). The normalized spacial score (nSPS) is 12.0. The summed E-state index contributed by atoms with van der Waals surface area (Å²) in [6, 6.07) is 8.83. The van der Waals surface area contributed by atoms with Gasteiger partial charge in [-0.1, -0.05) is 19.5 Å². The van der Waals surface area contributed by atoms with E-state index in [2.05, 4.69) is 16.7 Å². The van der Waals surface area contributed by atoms with Gasteiger partial charge in [0.2, 0.25) is 11.8 Å². The van der Waals surface area contributed by atoms with Crippen molar-refractivity contribution < 1.29 is 19.6 Å². The molecular formula is C18H26N3No2O4S-. The van der Waals surface area contributed by atoms with Crippen LogP contribution in [0.2, 0.25) is 0 Å². The summed E-state index contributed by atoms with van der Waals surface area (Å²) in [6.45, 7) is 3.88. The molecule has 2 atom stereocenters. The van der Waals surface area contributed by atoms with E-state index in [1.165, 1.54) is 17.2 Å². The van der Waals surface area contributed by atoms with E-state index >= 15 is 0 Å². The van der Waals surface area contributed by atoms with Crippen LogP contribution in [0.3, 0.4) is 0 Å². The standard InChI is InChI=1S/C18H26N3O4S.2No/c1-12(2)11-15(18(24)19-13-7-5-4-6-8-13)20-16(22)14(9-10-26-3)17(23)21-25;;/h5-8,12,14-15,25H,9-11H2,1-3H3,(H,19,24)(H,20,22)(H,21,23);;/q-1;;/t14?,15-;;/m0../s1. The molecule has 3 amide bonds. The van der Waals surface area contributed by atoms with Crippen molar-refractivity contribution >= 4 is 35.2 Å². The van der Waals surface area contributed by atoms with Gasteiger partial charge in [0.25, 0.3) is 5.91 Å². The monoisotopic (exact) mass is 898 g/mol. The van der Waals surface area contributed by atoms with Crippen molar-refractivity contribution in [2.75, 3.05) is 17.3 Å². The Kier molecular flexibility index (Phi) is 12.3. The van der Waals surface area contributed by atoms with E-state index in [-0.39, 0.29) is 18.2 Å². The zero-order valence-electron chi connectivity index (χ0n) is 15.8. The summed E-state index contributed by atoms with van der Waals surface area (Å²) < 4.78 is 0. The van der Waals surface area contributed by atoms with Gasteiger partial charge in [0.15, 0.2) is 0 Å². The van der Waals surface area contributed by atoms with Crippen LogP contribution < -0.4 is 16.1 Å². The first-order valence-corrected chi connectivity index (χ1v) is 9.78. The predicted octanol–water partition coefficient (Wildman–Crippen LogP) is 1.83. The molecule has 0 radical (unpaired) electrons. The number of rotatable bonds is 10. The van der Waals surface area contributed by atoms with Crippen molar-refractivity contribution in [2.24, 2.45) is 11.8 Å². The van der Waals surface area contributed by atoms with Gasteiger partial charge < -0.3 is 10.6 Å². The first-order valence-electron chi connectivity index (χ1n) is 8.39. The molecule has 0 saturated heterocycles. The summed E-state index contributed by atoms with van der Waals surface area (Å²) in [6.07, 6.45) is 2.55. The third-order valence-corrected chi connectivity index (χ3v) is 4.32. The number of anilines is 1. The molecule has 0 aliphatic carbocycles. The fourth-order valence-electron chi connectivity index (χ4n) is 2.37. The van der Waals surface area contributed by atoms with Crippen molar-refractivity contribution in [3.8, 4) is 0 Å². The van der Waals surface area contributed by atoms with Gasteiger partial charge in [-0.05, 0) is 30.8 Å². The number of carbonyl (C=O) groups excluding carboxylic acids is 3. The van der Waals surface area contributed by atoms with Crippen molar-refractivity contribution in [2.45, 2.75) is 32.7 Å². The summed E-state index contributed by atoms with van der Waals surface area (Å²) in [5.41, 5.74) is 2.13. The minimum absolute atomic E-state index is 0. The summed E-state index contributed by atoms with van der Waals surface area (Å²) in [7, 11) is 0. The molecule has 0 saturated carbocycles. The van der Waals surface area contributed by atoms with Gasteiger partial charge in [-0.15, -0.1) is 12.1 Å². The molecular weight excluding hydrogens is 872 g/mol. The maximum absolute atomic E-state index is 12.6. The SMILES string of the molecule is CSCCC(C(=O)NO)C(=O)N[C@@H](CC(C)C)C(=O)Nc1cc[c-]cc1.[No].[No]. The Hall–Kier alpha value is -4.06. The summed E-state index contributed by atoms with van der Waals surface area (Å²) in [5.74, 6) is -2.03. The van der Waals surface area contributed by atoms with E-state index in [0.29, 0.717) is 17.9 Å². The number of hydrogen-bond donors (Lipinski definition) is 4. The molecule has 28 heavy (non-hydrogen) atoms. The van der Waals surface area contributed by atoms with Gasteiger partial charge in [-0.25, -0.2) is 5.48 Å². The number of amides is 3. The quantitative estimate of drug-likeness (QED) is 0.124. The van der Waals surface area contributed by atoms with Gasteiger partial charge in [0.05, 0.1) is 0 Å². The Morgan fingerprint density at radius 2 is 1.71 bits per heavy atom. The van der Waals surface area contributed by atoms with Crippen LogP contribution in [0.5, 0.6) is 0 Å². The fourth-order valence-corrected chi connectivity index (χ4v) is 2.84. The topological polar surface area (TPSA) is 108 Å². The number of hydroxylamine groups is 1. The van der Waals surface area contributed by atoms with Crippen LogP contribution in [0.1, 0.15) is 26.7 Å². The molecule has 4 N–H and O–H groups in total. The van der Waals surface area contributed by atoms with Crippen LogP contribution >= 0.6 is 11.8 Å². The molecule has 10 heteroatoms. The van der Waals surface area contributed by atoms with E-state index < -0.39 is 23.8 Å². The summed E-state index contributed by atoms with van der Waals surface area (Å²) >= 11 is 1.49. The van der Waals surface area contributed by atoms with Crippen molar-refractivity contribution in [1.29, 1.82) is 0 Å². The summed E-state index contributed by atoms with van der Waals surface area (Å²) in [5, 5.41) is 14.3. The van der Waals surface area contributed by atoms with Gasteiger partial charge in [0, 0.05) is 0 Å². The third kappa shape index (κ3) is 8.35. The molecule has 1 unspecified atom stereocenters. The Labute approximate surface area is 158 Å². The van der Waals surface area contributed by atoms with Crippen LogP contribution in [-0.4, -0.2) is 41.0 Å². The van der Waals surface area contributed by atoms with Crippen LogP contribution in [-0.2, 0) is 14.4 Å². The zero-order chi connectivity index (χ0) is 19.5. The first-order chi connectivity index (χ1) is 12.4. The van der Waals surface area contributed by atoms with Crippen molar-refractivity contribution in [3.63, 3.8) is 0 Å². The third-order valence-electron chi connectivity index (χ3n) is 3.68. The first kappa shape index (κ1) is 26.2. The van der Waals surface area contributed by atoms with Crippen LogP contribution in [0.25, 0.3) is 0 Å². The molecule has 0 aliphatic heterocycles. The maximum atomic E-state index is 12.6. The fraction of sp³-hybridized carbons (Fsp3) is 0.500. The molecule has 0 fully saturated rings. The number of nitrogens with one attached hydrogen (secondary N) is 3. The average Bonchev–Trinajstić information content (AvgIpc) is 2.61. The molecule has 172 valence electrons. The Balaban J connectivity index is 0. The average molecular weight is 898 g/mol. The number of benzene rings is 1. The van der Waals surface area contributed by atoms with E-state index in [1.807, 2.05) is 20.1 Å². The van der Waals surface area contributed by atoms with Crippen LogP contribution in [0, 0.1) is 17.9 Å². The van der Waals surface area contributed by atoms with Gasteiger partial charge >= 0.3 is 0 Å². The predicted molar refractivity (Wildman–Crippen MR) is 102 cm³/mol. The molecule has 0 aliphatic rings. The van der Waals surface area contributed by atoms with Crippen LogP contribution in [0.15, 0.2) is 24.3 Å². The van der Waals surface area contributed by atoms with E-state index in [9.17, 15) is 14.4 Å². The number of carbonyl (C=O) groups is 3. The van der Waals surface area contributed by atoms with Gasteiger partial charge in [0.1, 0.15) is 12.0 Å². The smallest absolute Gasteiger partial charge is 0.255 e. The van der Waals surface area contributed by atoms with Crippen LogP contribution in [0.4, 0.5) is 5.69 Å². The molecule has 1 aromatic rings. The second kappa shape index (κ2) is 13.2. The molecule has 1 aromatic carbocycles. The minimum atomic E-state index is -1.05. The molecule has 0 bridgehead atoms. The van der Waals surface area contributed by atoms with E-state index in [0.717, 1.165) is 0 Å². The molecule has 0 spiro atoms. The van der Waals surface area contributed by atoms with Crippen molar-refractivity contribution in [1.82, 2.24) is 10.8 Å². The Morgan fingerprint density at radius 1 is 1.11 bits per heavy atom. The van der Waals surface area contributed by atoms with Crippen molar-refractivity contribution in [3.05, 3.63) is 30.3 Å². The minimum Gasteiger partial charge on any atom is -0.347 e. The molecule has 7 nitrogen and oxygen atoms in total. The Bertz CT molecular complexity index is 606. The Morgan fingerprint density at radius 3 is 2.21 bits per heavy atom. The molecule has 0 aromatic heterocycles. The number of thioether (sulfide) groups is 1. The largest absolute Gasteiger partial charge is 0.347 e. The second-order valence-electron chi connectivity index (χ2n) is 6.28. The molecule has 0 heterocycles. The second-order valence-corrected chi connectivity index (χ2v) is 7.26.